The molecule has 0 spiro atoms. The van der Waals surface area contributed by atoms with Crippen molar-refractivity contribution in [2.75, 3.05) is 5.75 Å². The number of nitrogens with zero attached hydrogens (tertiary/aromatic N) is 1. The molecule has 0 aromatic heterocycles. The summed E-state index contributed by atoms with van der Waals surface area (Å²) in [6, 6.07) is 12.4. The van der Waals surface area contributed by atoms with E-state index in [1.807, 2.05) is 0 Å². The fraction of sp³-hybridized carbons (Fsp3) is 0.286. The molecular formula is C21H23N3O6S. The van der Waals surface area contributed by atoms with Crippen LogP contribution in [0, 0.1) is 10.1 Å². The Morgan fingerprint density at radius 2 is 1.68 bits per heavy atom. The number of carboxylic acid groups (broad SMARTS) is 1. The molecule has 0 fully saturated rings. The lowest BCUT2D eigenvalue weighted by Crippen LogP contribution is -2.52. The molecular weight excluding hydrogens is 422 g/mol. The van der Waals surface area contributed by atoms with Gasteiger partial charge in [-0.25, -0.2) is 4.79 Å². The zero-order valence-electron chi connectivity index (χ0n) is 16.6. The third kappa shape index (κ3) is 7.74. The number of rotatable bonds is 11. The zero-order chi connectivity index (χ0) is 22.8. The van der Waals surface area contributed by atoms with E-state index in [-0.39, 0.29) is 30.7 Å². The molecule has 2 aromatic rings. The lowest BCUT2D eigenvalue weighted by Gasteiger charge is -2.21. The molecule has 3 N–H and O–H groups in total. The highest BCUT2D eigenvalue weighted by molar-refractivity contribution is 7.80. The Morgan fingerprint density at radius 1 is 1.00 bits per heavy atom. The molecule has 31 heavy (non-hydrogen) atoms. The number of carbonyl (C=O) groups excluding carboxylic acids is 2. The van der Waals surface area contributed by atoms with E-state index in [4.69, 9.17) is 0 Å². The third-order valence-electron chi connectivity index (χ3n) is 4.45. The van der Waals surface area contributed by atoms with Crippen LogP contribution in [0.25, 0.3) is 0 Å². The molecule has 0 radical (unpaired) electrons. The highest BCUT2D eigenvalue weighted by Gasteiger charge is 2.26. The second-order valence-corrected chi connectivity index (χ2v) is 7.27. The van der Waals surface area contributed by atoms with Crippen molar-refractivity contribution in [3.05, 3.63) is 75.8 Å². The number of carbonyl (C=O) groups is 3. The molecule has 164 valence electrons. The van der Waals surface area contributed by atoms with Gasteiger partial charge in [-0.3, -0.25) is 19.7 Å². The van der Waals surface area contributed by atoms with Gasteiger partial charge in [0.05, 0.1) is 11.3 Å². The van der Waals surface area contributed by atoms with Crippen LogP contribution in [-0.4, -0.2) is 45.7 Å². The van der Waals surface area contributed by atoms with Crippen molar-refractivity contribution in [1.29, 1.82) is 0 Å². The van der Waals surface area contributed by atoms with Crippen LogP contribution < -0.4 is 10.6 Å². The molecule has 2 amide bonds. The number of thiol groups is 1. The largest absolute Gasteiger partial charge is 0.480 e. The van der Waals surface area contributed by atoms with Crippen molar-refractivity contribution in [2.45, 2.75) is 31.3 Å². The van der Waals surface area contributed by atoms with E-state index in [0.717, 1.165) is 5.56 Å². The molecule has 1 unspecified atom stereocenters. The van der Waals surface area contributed by atoms with Gasteiger partial charge in [0, 0.05) is 18.6 Å². The minimum Gasteiger partial charge on any atom is -0.480 e. The first kappa shape index (κ1) is 23.9. The third-order valence-corrected chi connectivity index (χ3v) is 4.71. The fourth-order valence-electron chi connectivity index (χ4n) is 2.93. The van der Waals surface area contributed by atoms with Gasteiger partial charge >= 0.3 is 5.97 Å². The number of aliphatic carboxylic acids is 1. The first-order valence-electron chi connectivity index (χ1n) is 9.50. The van der Waals surface area contributed by atoms with Gasteiger partial charge in [-0.15, -0.1) is 0 Å². The molecule has 10 heteroatoms. The summed E-state index contributed by atoms with van der Waals surface area (Å²) in [5.74, 6) is -2.06. The Morgan fingerprint density at radius 3 is 2.29 bits per heavy atom. The predicted octanol–water partition coefficient (Wildman–Crippen LogP) is 1.75. The molecule has 0 saturated heterocycles. The second-order valence-electron chi connectivity index (χ2n) is 6.83. The number of nitro groups is 1. The quantitative estimate of drug-likeness (QED) is 0.236. The van der Waals surface area contributed by atoms with Gasteiger partial charge in [0.1, 0.15) is 12.1 Å². The number of benzene rings is 2. The Hall–Kier alpha value is -3.40. The average Bonchev–Trinajstić information content (AvgIpc) is 2.73. The van der Waals surface area contributed by atoms with Gasteiger partial charge in [0.25, 0.3) is 5.69 Å². The lowest BCUT2D eigenvalue weighted by molar-refractivity contribution is -0.384. The summed E-state index contributed by atoms with van der Waals surface area (Å²) in [7, 11) is 0. The maximum Gasteiger partial charge on any atom is 0.326 e. The van der Waals surface area contributed by atoms with E-state index >= 15 is 0 Å². The van der Waals surface area contributed by atoms with E-state index in [1.54, 1.807) is 36.4 Å². The molecule has 0 aliphatic heterocycles. The summed E-state index contributed by atoms with van der Waals surface area (Å²) < 4.78 is 0. The number of nitrogens with one attached hydrogen (secondary N) is 2. The van der Waals surface area contributed by atoms with Crippen LogP contribution in [0.15, 0.2) is 54.6 Å². The van der Waals surface area contributed by atoms with Crippen molar-refractivity contribution in [3.63, 3.8) is 0 Å². The van der Waals surface area contributed by atoms with Crippen LogP contribution >= 0.6 is 12.6 Å². The summed E-state index contributed by atoms with van der Waals surface area (Å²) in [6.45, 7) is 0. The number of hydrogen-bond acceptors (Lipinski definition) is 6. The number of amides is 2. The van der Waals surface area contributed by atoms with Gasteiger partial charge in [0.15, 0.2) is 0 Å². The fourth-order valence-corrected chi connectivity index (χ4v) is 3.19. The highest BCUT2D eigenvalue weighted by atomic mass is 32.1. The Labute approximate surface area is 184 Å². The van der Waals surface area contributed by atoms with Crippen LogP contribution in [0.4, 0.5) is 5.69 Å². The topological polar surface area (TPSA) is 139 Å². The van der Waals surface area contributed by atoms with Gasteiger partial charge in [0.2, 0.25) is 11.8 Å². The lowest BCUT2D eigenvalue weighted by atomic mass is 10.1. The van der Waals surface area contributed by atoms with Crippen molar-refractivity contribution < 1.29 is 24.4 Å². The van der Waals surface area contributed by atoms with E-state index in [0.29, 0.717) is 5.56 Å². The van der Waals surface area contributed by atoms with E-state index in [1.165, 1.54) is 18.2 Å². The Bertz CT molecular complexity index is 938. The van der Waals surface area contributed by atoms with Gasteiger partial charge in [-0.05, 0) is 23.3 Å². The first-order chi connectivity index (χ1) is 14.8. The van der Waals surface area contributed by atoms with E-state index < -0.39 is 34.8 Å². The maximum absolute atomic E-state index is 12.7. The van der Waals surface area contributed by atoms with Gasteiger partial charge in [-0.2, -0.15) is 12.6 Å². The smallest absolute Gasteiger partial charge is 0.326 e. The zero-order valence-corrected chi connectivity index (χ0v) is 17.5. The predicted molar refractivity (Wildman–Crippen MR) is 117 cm³/mol. The van der Waals surface area contributed by atoms with Gasteiger partial charge in [-0.1, -0.05) is 42.5 Å². The minimum atomic E-state index is -1.19. The molecule has 9 nitrogen and oxygen atoms in total. The summed E-state index contributed by atoms with van der Waals surface area (Å²) in [5, 5.41) is 25.4. The molecule has 2 atom stereocenters. The molecule has 0 aliphatic rings. The maximum atomic E-state index is 12.7. The normalized spacial score (nSPS) is 12.4. The number of nitro benzene ring substituents is 1. The van der Waals surface area contributed by atoms with Crippen LogP contribution in [-0.2, 0) is 27.2 Å². The molecule has 0 aliphatic carbocycles. The summed E-state index contributed by atoms with van der Waals surface area (Å²) >= 11 is 4.10. The summed E-state index contributed by atoms with van der Waals surface area (Å²) in [4.78, 5) is 47.0. The highest BCUT2D eigenvalue weighted by Crippen LogP contribution is 2.13. The monoisotopic (exact) mass is 445 g/mol. The first-order valence-corrected chi connectivity index (χ1v) is 10.1. The van der Waals surface area contributed by atoms with Crippen molar-refractivity contribution >= 4 is 36.1 Å². The Balaban J connectivity index is 2.03. The molecule has 0 heterocycles. The number of carboxylic acids is 1. The van der Waals surface area contributed by atoms with E-state index in [9.17, 15) is 29.6 Å². The van der Waals surface area contributed by atoms with Crippen LogP contribution in [0.5, 0.6) is 0 Å². The van der Waals surface area contributed by atoms with Crippen molar-refractivity contribution in [1.82, 2.24) is 10.6 Å². The molecule has 0 bridgehead atoms. The second kappa shape index (κ2) is 11.7. The van der Waals surface area contributed by atoms with Gasteiger partial charge < -0.3 is 15.7 Å². The van der Waals surface area contributed by atoms with Crippen LogP contribution in [0.3, 0.4) is 0 Å². The van der Waals surface area contributed by atoms with Crippen LogP contribution in [0.2, 0.25) is 0 Å². The number of hydrogen-bond donors (Lipinski definition) is 4. The molecule has 2 rings (SSSR count). The van der Waals surface area contributed by atoms with Crippen molar-refractivity contribution in [2.24, 2.45) is 0 Å². The average molecular weight is 445 g/mol. The molecule has 0 saturated carbocycles. The minimum absolute atomic E-state index is 0.0944. The standard InChI is InChI=1S/C21H23N3O6S/c25-19(13-15-7-4-8-16(11-15)24(29)30)22-17(9-10-31)20(26)23-18(21(27)28)12-14-5-2-1-3-6-14/h1-8,11,17-18,31H,9-10,12-13H2,(H,22,25)(H,23,26)(H,27,28)/t17?,18-/m1/s1. The summed E-state index contributed by atoms with van der Waals surface area (Å²) in [6.07, 6.45) is 0.120. The number of non-ortho nitro benzene ring substituents is 1. The summed E-state index contributed by atoms with van der Waals surface area (Å²) in [5.41, 5.74) is 1.03. The SMILES string of the molecule is O=C(Cc1cccc([N+](=O)[O-])c1)NC(CCS)C(=O)N[C@H](Cc1ccccc1)C(=O)O. The van der Waals surface area contributed by atoms with E-state index in [2.05, 4.69) is 23.3 Å². The molecule has 2 aromatic carbocycles. The Kier molecular flexibility index (Phi) is 9.01. The van der Waals surface area contributed by atoms with Crippen molar-refractivity contribution in [3.8, 4) is 0 Å². The van der Waals surface area contributed by atoms with Crippen LogP contribution in [0.1, 0.15) is 17.5 Å².